The molecule has 6 heteroatoms. The van der Waals surface area contributed by atoms with E-state index in [2.05, 4.69) is 114 Å². The maximum absolute atomic E-state index is 2.43. The summed E-state index contributed by atoms with van der Waals surface area (Å²) in [5.74, 6) is 4.24. The third-order valence-electron chi connectivity index (χ3n) is 6.76. The lowest BCUT2D eigenvalue weighted by Gasteiger charge is -2.55. The molecule has 1 rings (SSSR count). The molecule has 6 nitrogen and oxygen atoms in total. The van der Waals surface area contributed by atoms with Crippen molar-refractivity contribution < 1.29 is 0 Å². The first-order valence-electron chi connectivity index (χ1n) is 11.7. The Morgan fingerprint density at radius 1 is 0.267 bits per heavy atom. The van der Waals surface area contributed by atoms with Gasteiger partial charge in [-0.25, -0.2) is 0 Å². The molecule has 0 N–H and O–H groups in total. The Morgan fingerprint density at radius 3 is 0.433 bits per heavy atom. The number of hydrogen-bond acceptors (Lipinski definition) is 6. The van der Waals surface area contributed by atoms with Crippen LogP contribution in [0.2, 0.25) is 0 Å². The van der Waals surface area contributed by atoms with E-state index in [4.69, 9.17) is 0 Å². The second kappa shape index (κ2) is 12.7. The Balaban J connectivity index is 3.55. The third kappa shape index (κ3) is 8.71. The average molecular weight is 427 g/mol. The van der Waals surface area contributed by atoms with E-state index in [-0.39, 0.29) is 0 Å². The van der Waals surface area contributed by atoms with Crippen molar-refractivity contribution in [3.05, 3.63) is 0 Å². The lowest BCUT2D eigenvalue weighted by atomic mass is 9.55. The van der Waals surface area contributed by atoms with Gasteiger partial charge in [-0.2, -0.15) is 0 Å². The van der Waals surface area contributed by atoms with E-state index in [1.807, 2.05) is 0 Å². The summed E-state index contributed by atoms with van der Waals surface area (Å²) in [5, 5.41) is 0. The van der Waals surface area contributed by atoms with Crippen LogP contribution < -0.4 is 0 Å². The normalized spacial score (nSPS) is 30.6. The van der Waals surface area contributed by atoms with Gasteiger partial charge >= 0.3 is 0 Å². The minimum atomic E-state index is 0.707. The topological polar surface area (TPSA) is 19.4 Å². The predicted octanol–water partition coefficient (Wildman–Crippen LogP) is 1.07. The third-order valence-corrected chi connectivity index (χ3v) is 6.76. The maximum atomic E-state index is 2.43. The second-order valence-corrected chi connectivity index (χ2v) is 11.6. The van der Waals surface area contributed by atoms with Gasteiger partial charge in [-0.1, -0.05) is 0 Å². The molecule has 0 aromatic heterocycles. The molecule has 0 unspecified atom stereocenters. The van der Waals surface area contributed by atoms with Crippen LogP contribution >= 0.6 is 0 Å². The average Bonchev–Trinajstić information content (AvgIpc) is 2.55. The highest BCUT2D eigenvalue weighted by atomic mass is 15.1. The second-order valence-electron chi connectivity index (χ2n) is 11.6. The molecule has 0 saturated heterocycles. The van der Waals surface area contributed by atoms with Crippen LogP contribution in [0.15, 0.2) is 0 Å². The van der Waals surface area contributed by atoms with Crippen molar-refractivity contribution in [2.75, 3.05) is 124 Å². The summed E-state index contributed by atoms with van der Waals surface area (Å²) >= 11 is 0. The van der Waals surface area contributed by atoms with E-state index in [0.717, 1.165) is 0 Å². The van der Waals surface area contributed by atoms with Gasteiger partial charge in [-0.05, 0) is 120 Å². The molecule has 0 atom stereocenters. The molecule has 180 valence electrons. The zero-order valence-corrected chi connectivity index (χ0v) is 22.4. The van der Waals surface area contributed by atoms with Gasteiger partial charge in [0.2, 0.25) is 0 Å². The van der Waals surface area contributed by atoms with E-state index >= 15 is 0 Å². The molecule has 0 amide bonds. The Morgan fingerprint density at radius 2 is 0.367 bits per heavy atom. The van der Waals surface area contributed by atoms with Crippen LogP contribution in [0.4, 0.5) is 0 Å². The van der Waals surface area contributed by atoms with E-state index in [9.17, 15) is 0 Å². The summed E-state index contributed by atoms with van der Waals surface area (Å²) in [6.07, 6.45) is 0. The Labute approximate surface area is 189 Å². The minimum absolute atomic E-state index is 0.707. The van der Waals surface area contributed by atoms with Gasteiger partial charge in [0.1, 0.15) is 0 Å². The molecule has 1 saturated carbocycles. The maximum Gasteiger partial charge on any atom is 0.00100 e. The summed E-state index contributed by atoms with van der Waals surface area (Å²) in [6.45, 7) is 7.08. The van der Waals surface area contributed by atoms with Gasteiger partial charge in [0.25, 0.3) is 0 Å². The fraction of sp³-hybridized carbons (Fsp3) is 1.00. The highest BCUT2D eigenvalue weighted by molar-refractivity contribution is 5.00. The van der Waals surface area contributed by atoms with Gasteiger partial charge in [-0.3, -0.25) is 0 Å². The van der Waals surface area contributed by atoms with Crippen molar-refractivity contribution >= 4 is 0 Å². The largest absolute Gasteiger partial charge is 0.309 e. The van der Waals surface area contributed by atoms with Crippen molar-refractivity contribution in [3.63, 3.8) is 0 Å². The number of nitrogens with zero attached hydrogens (tertiary/aromatic N) is 6. The van der Waals surface area contributed by atoms with Gasteiger partial charge < -0.3 is 29.4 Å². The van der Waals surface area contributed by atoms with Gasteiger partial charge in [0.05, 0.1) is 0 Å². The zero-order chi connectivity index (χ0) is 23.2. The van der Waals surface area contributed by atoms with Crippen LogP contribution in [0.5, 0.6) is 0 Å². The lowest BCUT2D eigenvalue weighted by molar-refractivity contribution is -0.0682. The fourth-order valence-electron chi connectivity index (χ4n) is 6.06. The molecule has 0 radical (unpaired) electrons. The van der Waals surface area contributed by atoms with Gasteiger partial charge in [0, 0.05) is 39.3 Å². The molecule has 0 aromatic carbocycles. The van der Waals surface area contributed by atoms with Gasteiger partial charge in [-0.15, -0.1) is 0 Å². The van der Waals surface area contributed by atoms with Crippen molar-refractivity contribution in [2.24, 2.45) is 35.5 Å². The van der Waals surface area contributed by atoms with Crippen molar-refractivity contribution in [2.45, 2.75) is 0 Å². The lowest BCUT2D eigenvalue weighted by Crippen LogP contribution is -2.59. The first-order chi connectivity index (χ1) is 13.8. The van der Waals surface area contributed by atoms with Crippen LogP contribution in [0.25, 0.3) is 0 Å². The Hall–Kier alpha value is -0.240. The predicted molar refractivity (Wildman–Crippen MR) is 132 cm³/mol. The smallest absolute Gasteiger partial charge is 0.00100 e. The highest BCUT2D eigenvalue weighted by Crippen LogP contribution is 2.47. The number of rotatable bonds is 12. The standard InChI is InChI=1S/C24H54N6/c1-25(2)13-19-20(14-26(3)4)22(16-28(7)8)24(18-30(11)12)23(17-29(9)10)21(19)15-27(5)6/h19-24H,13-18H2,1-12H3. The molecule has 30 heavy (non-hydrogen) atoms. The van der Waals surface area contributed by atoms with Crippen LogP contribution in [0.3, 0.4) is 0 Å². The van der Waals surface area contributed by atoms with Crippen LogP contribution in [0, 0.1) is 35.5 Å². The molecule has 0 spiro atoms. The number of hydrogen-bond donors (Lipinski definition) is 0. The van der Waals surface area contributed by atoms with Crippen molar-refractivity contribution in [3.8, 4) is 0 Å². The van der Waals surface area contributed by atoms with Crippen LogP contribution in [-0.4, -0.2) is 153 Å². The highest BCUT2D eigenvalue weighted by Gasteiger charge is 2.50. The zero-order valence-electron chi connectivity index (χ0n) is 22.4. The Bertz CT molecular complexity index is 342. The van der Waals surface area contributed by atoms with E-state index in [1.165, 1.54) is 39.3 Å². The quantitative estimate of drug-likeness (QED) is 0.462. The summed E-state index contributed by atoms with van der Waals surface area (Å²) in [6, 6.07) is 0. The van der Waals surface area contributed by atoms with Crippen LogP contribution in [0.1, 0.15) is 0 Å². The van der Waals surface area contributed by atoms with E-state index in [1.54, 1.807) is 0 Å². The molecule has 0 aromatic rings. The summed E-state index contributed by atoms with van der Waals surface area (Å²) in [7, 11) is 27.1. The summed E-state index contributed by atoms with van der Waals surface area (Å²) in [4.78, 5) is 14.6. The SMILES string of the molecule is CN(C)CC1C(CN(C)C)C(CN(C)C)C(CN(C)C)C(CN(C)C)C1CN(C)C. The molecule has 1 aliphatic rings. The minimum Gasteiger partial charge on any atom is -0.309 e. The molecule has 0 heterocycles. The van der Waals surface area contributed by atoms with E-state index < -0.39 is 0 Å². The van der Waals surface area contributed by atoms with E-state index in [0.29, 0.717) is 35.5 Å². The molecule has 0 bridgehead atoms. The first-order valence-corrected chi connectivity index (χ1v) is 11.7. The van der Waals surface area contributed by atoms with Crippen molar-refractivity contribution in [1.29, 1.82) is 0 Å². The van der Waals surface area contributed by atoms with Gasteiger partial charge in [0.15, 0.2) is 0 Å². The molecular weight excluding hydrogens is 372 g/mol. The summed E-state index contributed by atoms with van der Waals surface area (Å²) in [5.41, 5.74) is 0. The molecule has 1 fully saturated rings. The summed E-state index contributed by atoms with van der Waals surface area (Å²) < 4.78 is 0. The van der Waals surface area contributed by atoms with Crippen molar-refractivity contribution in [1.82, 2.24) is 29.4 Å². The van der Waals surface area contributed by atoms with Crippen LogP contribution in [-0.2, 0) is 0 Å². The molecule has 0 aliphatic heterocycles. The monoisotopic (exact) mass is 426 g/mol. The molecular formula is C24H54N6. The fourth-order valence-corrected chi connectivity index (χ4v) is 6.06. The first kappa shape index (κ1) is 27.8. The Kier molecular flexibility index (Phi) is 11.8. The molecule has 1 aliphatic carbocycles.